The molecule has 0 aliphatic heterocycles. The van der Waals surface area contributed by atoms with E-state index in [1.165, 1.54) is 0 Å². The van der Waals surface area contributed by atoms with Crippen molar-refractivity contribution in [1.82, 2.24) is 0 Å². The number of esters is 1. The van der Waals surface area contributed by atoms with E-state index in [0.717, 1.165) is 32.1 Å². The molecule has 5 heteroatoms. The molecule has 3 atom stereocenters. The zero-order valence-corrected chi connectivity index (χ0v) is 15.4. The maximum atomic E-state index is 13.0. The summed E-state index contributed by atoms with van der Waals surface area (Å²) in [5, 5.41) is 10.8. The van der Waals surface area contributed by atoms with Gasteiger partial charge < -0.3 is 14.6 Å². The lowest BCUT2D eigenvalue weighted by Crippen LogP contribution is -2.58. The van der Waals surface area contributed by atoms with Crippen LogP contribution in [0.1, 0.15) is 55.8 Å². The molecule has 4 aliphatic rings. The lowest BCUT2D eigenvalue weighted by molar-refractivity contribution is -0.197. The van der Waals surface area contributed by atoms with Gasteiger partial charge in [-0.3, -0.25) is 9.59 Å². The highest BCUT2D eigenvalue weighted by atomic mass is 16.5. The summed E-state index contributed by atoms with van der Waals surface area (Å²) in [4.78, 5) is 25.6. The van der Waals surface area contributed by atoms with Gasteiger partial charge >= 0.3 is 5.97 Å². The number of carbonyl (C=O) groups is 2. The van der Waals surface area contributed by atoms with E-state index in [4.69, 9.17) is 9.47 Å². The molecule has 0 spiro atoms. The van der Waals surface area contributed by atoms with Gasteiger partial charge in [0.1, 0.15) is 5.75 Å². The summed E-state index contributed by atoms with van der Waals surface area (Å²) < 4.78 is 10.7. The molecule has 0 aromatic heterocycles. The third-order valence-corrected chi connectivity index (χ3v) is 6.49. The summed E-state index contributed by atoms with van der Waals surface area (Å²) in [7, 11) is 1.57. The molecule has 4 saturated carbocycles. The van der Waals surface area contributed by atoms with E-state index in [-0.39, 0.29) is 11.8 Å². The van der Waals surface area contributed by atoms with Crippen LogP contribution >= 0.6 is 0 Å². The Hall–Kier alpha value is -1.88. The Kier molecular flexibility index (Phi) is 4.10. The third kappa shape index (κ3) is 2.92. The van der Waals surface area contributed by atoms with Gasteiger partial charge in [0, 0.05) is 5.56 Å². The molecule has 4 bridgehead atoms. The first-order valence-electron chi connectivity index (χ1n) is 9.44. The van der Waals surface area contributed by atoms with E-state index in [2.05, 4.69) is 0 Å². The molecule has 4 fully saturated rings. The molecule has 0 radical (unpaired) electrons. The van der Waals surface area contributed by atoms with Crippen molar-refractivity contribution < 1.29 is 24.2 Å². The molecule has 5 rings (SSSR count). The van der Waals surface area contributed by atoms with Gasteiger partial charge in [-0.15, -0.1) is 0 Å². The van der Waals surface area contributed by atoms with Crippen LogP contribution in [0.4, 0.5) is 0 Å². The lowest BCUT2D eigenvalue weighted by atomic mass is 9.48. The first-order valence-corrected chi connectivity index (χ1v) is 9.44. The van der Waals surface area contributed by atoms with Gasteiger partial charge in [-0.2, -0.15) is 0 Å². The number of Topliss-reactive ketones (excluding diaryl/α,β-unsaturated/α-hetero) is 1. The highest BCUT2D eigenvalue weighted by Crippen LogP contribution is 2.62. The molecular weight excluding hydrogens is 332 g/mol. The molecule has 1 aromatic rings. The second-order valence-electron chi connectivity index (χ2n) is 8.61. The fraction of sp³-hybridized carbons (Fsp3) is 0.619. The van der Waals surface area contributed by atoms with Crippen LogP contribution in [0, 0.1) is 17.3 Å². The monoisotopic (exact) mass is 358 g/mol. The molecule has 0 heterocycles. The van der Waals surface area contributed by atoms with Crippen molar-refractivity contribution in [1.29, 1.82) is 0 Å². The fourth-order valence-electron chi connectivity index (χ4n) is 5.78. The minimum atomic E-state index is -0.835. The van der Waals surface area contributed by atoms with Crippen LogP contribution in [-0.2, 0) is 9.53 Å². The minimum absolute atomic E-state index is 0.218. The Morgan fingerprint density at radius 3 is 2.27 bits per heavy atom. The largest absolute Gasteiger partial charge is 0.497 e. The van der Waals surface area contributed by atoms with Gasteiger partial charge in [0.2, 0.25) is 5.78 Å². The minimum Gasteiger partial charge on any atom is -0.497 e. The number of rotatable bonds is 5. The number of methoxy groups -OCH3 is 1. The summed E-state index contributed by atoms with van der Waals surface area (Å²) in [6.45, 7) is 1.62. The number of carbonyl (C=O) groups excluding carboxylic acids is 2. The standard InChI is InChI=1S/C21H26O5/c1-13(18(22)16-3-5-17(25-2)6-4-16)26-19(23)20-8-14-7-15(9-20)11-21(24,10-14)12-20/h3-6,13-15,24H,7-12H2,1-2H3. The Balaban J connectivity index is 1.46. The number of aliphatic hydroxyl groups is 1. The fourth-order valence-corrected chi connectivity index (χ4v) is 5.78. The zero-order chi connectivity index (χ0) is 18.5. The summed E-state index contributed by atoms with van der Waals surface area (Å²) in [6.07, 6.45) is 3.94. The van der Waals surface area contributed by atoms with Crippen LogP contribution in [0.5, 0.6) is 5.75 Å². The average molecular weight is 358 g/mol. The first-order chi connectivity index (χ1) is 12.3. The van der Waals surface area contributed by atoms with E-state index in [1.807, 2.05) is 0 Å². The Bertz CT molecular complexity index is 708. The van der Waals surface area contributed by atoms with Crippen LogP contribution in [-0.4, -0.2) is 35.7 Å². The molecule has 1 aromatic carbocycles. The second-order valence-corrected chi connectivity index (χ2v) is 8.61. The Labute approximate surface area is 153 Å². The number of ether oxygens (including phenoxy) is 2. The summed E-state index contributed by atoms with van der Waals surface area (Å²) in [5.41, 5.74) is -0.824. The van der Waals surface area contributed by atoms with Crippen molar-refractivity contribution in [3.8, 4) is 5.75 Å². The maximum Gasteiger partial charge on any atom is 0.312 e. The van der Waals surface area contributed by atoms with Gasteiger partial charge in [0.05, 0.1) is 18.1 Å². The molecule has 26 heavy (non-hydrogen) atoms. The maximum absolute atomic E-state index is 13.0. The van der Waals surface area contributed by atoms with Crippen LogP contribution in [0.2, 0.25) is 0 Å². The highest BCUT2D eigenvalue weighted by molar-refractivity contribution is 6.00. The molecule has 1 N–H and O–H groups in total. The topological polar surface area (TPSA) is 72.8 Å². The van der Waals surface area contributed by atoms with Crippen LogP contribution in [0.15, 0.2) is 24.3 Å². The smallest absolute Gasteiger partial charge is 0.312 e. The van der Waals surface area contributed by atoms with Crippen LogP contribution in [0.25, 0.3) is 0 Å². The molecule has 4 aliphatic carbocycles. The summed E-state index contributed by atoms with van der Waals surface area (Å²) in [5.74, 6) is 0.958. The number of benzene rings is 1. The van der Waals surface area contributed by atoms with Crippen molar-refractivity contribution in [2.45, 2.75) is 57.2 Å². The van der Waals surface area contributed by atoms with Crippen LogP contribution < -0.4 is 4.74 Å². The highest BCUT2D eigenvalue weighted by Gasteiger charge is 2.61. The van der Waals surface area contributed by atoms with Crippen molar-refractivity contribution in [2.24, 2.45) is 17.3 Å². The van der Waals surface area contributed by atoms with Crippen molar-refractivity contribution in [2.75, 3.05) is 7.11 Å². The quantitative estimate of drug-likeness (QED) is 0.647. The molecule has 0 amide bonds. The number of hydrogen-bond donors (Lipinski definition) is 1. The first kappa shape index (κ1) is 17.5. The van der Waals surface area contributed by atoms with Gasteiger partial charge in [0.15, 0.2) is 6.10 Å². The van der Waals surface area contributed by atoms with E-state index in [0.29, 0.717) is 29.6 Å². The summed E-state index contributed by atoms with van der Waals surface area (Å²) in [6, 6.07) is 6.80. The molecule has 3 unspecified atom stereocenters. The molecule has 140 valence electrons. The van der Waals surface area contributed by atoms with Crippen molar-refractivity contribution in [3.63, 3.8) is 0 Å². The van der Waals surface area contributed by atoms with Gasteiger partial charge in [-0.05, 0) is 81.5 Å². The van der Waals surface area contributed by atoms with Gasteiger partial charge in [-0.25, -0.2) is 0 Å². The predicted octanol–water partition coefficient (Wildman–Crippen LogP) is 3.14. The molecular formula is C21H26O5. The third-order valence-electron chi connectivity index (χ3n) is 6.49. The van der Waals surface area contributed by atoms with Gasteiger partial charge in [-0.1, -0.05) is 0 Å². The average Bonchev–Trinajstić information content (AvgIpc) is 2.59. The van der Waals surface area contributed by atoms with E-state index in [9.17, 15) is 14.7 Å². The lowest BCUT2D eigenvalue weighted by Gasteiger charge is -2.58. The Morgan fingerprint density at radius 2 is 1.73 bits per heavy atom. The van der Waals surface area contributed by atoms with Crippen molar-refractivity contribution >= 4 is 11.8 Å². The van der Waals surface area contributed by atoms with Crippen molar-refractivity contribution in [3.05, 3.63) is 29.8 Å². The zero-order valence-electron chi connectivity index (χ0n) is 15.4. The molecule has 5 nitrogen and oxygen atoms in total. The second kappa shape index (κ2) is 6.08. The number of ketones is 1. The van der Waals surface area contributed by atoms with E-state index < -0.39 is 17.1 Å². The SMILES string of the molecule is COc1ccc(C(=O)C(C)OC(=O)C23CC4CC(CC(O)(C4)C2)C3)cc1. The Morgan fingerprint density at radius 1 is 1.12 bits per heavy atom. The normalized spacial score (nSPS) is 35.8. The van der Waals surface area contributed by atoms with E-state index in [1.54, 1.807) is 38.3 Å². The van der Waals surface area contributed by atoms with E-state index >= 15 is 0 Å². The number of hydrogen-bond acceptors (Lipinski definition) is 5. The molecule has 0 saturated heterocycles. The van der Waals surface area contributed by atoms with Gasteiger partial charge in [0.25, 0.3) is 0 Å². The summed E-state index contributed by atoms with van der Waals surface area (Å²) >= 11 is 0. The van der Waals surface area contributed by atoms with Crippen LogP contribution in [0.3, 0.4) is 0 Å². The predicted molar refractivity (Wildman–Crippen MR) is 94.9 cm³/mol.